The molecule has 2 heterocycles. The van der Waals surface area contributed by atoms with Crippen molar-refractivity contribution in [2.75, 3.05) is 39.8 Å². The molecule has 1 aliphatic heterocycles. The van der Waals surface area contributed by atoms with E-state index < -0.39 is 10.0 Å². The molecular formula is C25H29N3O4S2. The summed E-state index contributed by atoms with van der Waals surface area (Å²) in [6, 6.07) is 18.4. The summed E-state index contributed by atoms with van der Waals surface area (Å²) in [6.45, 7) is 3.94. The molecule has 0 bridgehead atoms. The third-order valence-electron chi connectivity index (χ3n) is 5.94. The van der Waals surface area contributed by atoms with Crippen LogP contribution < -0.4 is 10.1 Å². The third kappa shape index (κ3) is 5.67. The highest BCUT2D eigenvalue weighted by atomic mass is 32.2. The SMILES string of the molecule is COc1ccc(S(=O)(=O)N2CCN(CC(=O)NC(c3ccc(C)cc3)c3cccs3)CC2)cc1. The van der Waals surface area contributed by atoms with E-state index in [0.717, 1.165) is 10.4 Å². The van der Waals surface area contributed by atoms with Gasteiger partial charge in [-0.25, -0.2) is 8.42 Å². The summed E-state index contributed by atoms with van der Waals surface area (Å²) in [5.74, 6) is 0.534. The van der Waals surface area contributed by atoms with E-state index in [1.54, 1.807) is 42.7 Å². The lowest BCUT2D eigenvalue weighted by atomic mass is 10.0. The number of rotatable bonds is 8. The van der Waals surface area contributed by atoms with Crippen LogP contribution in [0.2, 0.25) is 0 Å². The zero-order valence-corrected chi connectivity index (χ0v) is 20.9. The molecule has 4 rings (SSSR count). The predicted molar refractivity (Wildman–Crippen MR) is 134 cm³/mol. The number of hydrogen-bond donors (Lipinski definition) is 1. The van der Waals surface area contributed by atoms with E-state index >= 15 is 0 Å². The van der Waals surface area contributed by atoms with E-state index in [1.807, 2.05) is 53.6 Å². The number of hydrogen-bond acceptors (Lipinski definition) is 6. The van der Waals surface area contributed by atoms with Gasteiger partial charge in [-0.1, -0.05) is 35.9 Å². The van der Waals surface area contributed by atoms with Crippen molar-refractivity contribution in [2.24, 2.45) is 0 Å². The summed E-state index contributed by atoms with van der Waals surface area (Å²) in [6.07, 6.45) is 0. The summed E-state index contributed by atoms with van der Waals surface area (Å²) in [5.41, 5.74) is 2.21. The lowest BCUT2D eigenvalue weighted by Gasteiger charge is -2.33. The van der Waals surface area contributed by atoms with Crippen molar-refractivity contribution in [1.29, 1.82) is 0 Å². The Kier molecular flexibility index (Phi) is 7.67. The van der Waals surface area contributed by atoms with Crippen molar-refractivity contribution in [3.63, 3.8) is 0 Å². The number of methoxy groups -OCH3 is 1. The fourth-order valence-corrected chi connectivity index (χ4v) is 6.19. The topological polar surface area (TPSA) is 79.0 Å². The van der Waals surface area contributed by atoms with Gasteiger partial charge in [0.15, 0.2) is 0 Å². The fourth-order valence-electron chi connectivity index (χ4n) is 3.97. The molecule has 180 valence electrons. The molecule has 7 nitrogen and oxygen atoms in total. The smallest absolute Gasteiger partial charge is 0.243 e. The summed E-state index contributed by atoms with van der Waals surface area (Å²) >= 11 is 1.61. The second-order valence-electron chi connectivity index (χ2n) is 8.28. The monoisotopic (exact) mass is 499 g/mol. The largest absolute Gasteiger partial charge is 0.497 e. The molecule has 3 aromatic rings. The first-order valence-electron chi connectivity index (χ1n) is 11.1. The van der Waals surface area contributed by atoms with Crippen molar-refractivity contribution in [2.45, 2.75) is 17.9 Å². The van der Waals surface area contributed by atoms with Gasteiger partial charge in [0.2, 0.25) is 15.9 Å². The number of aryl methyl sites for hydroxylation is 1. The maximum atomic E-state index is 13.0. The first kappa shape index (κ1) is 24.4. The lowest BCUT2D eigenvalue weighted by Crippen LogP contribution is -2.51. The molecule has 1 N–H and O–H groups in total. The minimum atomic E-state index is -3.58. The van der Waals surface area contributed by atoms with Crippen LogP contribution in [0.25, 0.3) is 0 Å². The highest BCUT2D eigenvalue weighted by molar-refractivity contribution is 7.89. The van der Waals surface area contributed by atoms with Crippen LogP contribution in [0.3, 0.4) is 0 Å². The molecule has 1 aromatic heterocycles. The summed E-state index contributed by atoms with van der Waals surface area (Å²) < 4.78 is 32.5. The van der Waals surface area contributed by atoms with Crippen molar-refractivity contribution >= 4 is 27.3 Å². The van der Waals surface area contributed by atoms with E-state index in [0.29, 0.717) is 31.9 Å². The standard InChI is InChI=1S/C25H29N3O4S2/c1-19-5-7-20(8-6-19)25(23-4-3-17-33-23)26-24(29)18-27-13-15-28(16-14-27)34(30,31)22-11-9-21(32-2)10-12-22/h3-12,17,25H,13-16,18H2,1-2H3,(H,26,29). The zero-order chi connectivity index (χ0) is 24.1. The van der Waals surface area contributed by atoms with E-state index in [4.69, 9.17) is 4.74 Å². The Balaban J connectivity index is 1.35. The Hall–Kier alpha value is -2.72. The average Bonchev–Trinajstić information content (AvgIpc) is 3.38. The molecule has 1 atom stereocenters. The summed E-state index contributed by atoms with van der Waals surface area (Å²) in [7, 11) is -2.03. The van der Waals surface area contributed by atoms with Crippen LogP contribution in [0.5, 0.6) is 5.75 Å². The number of amides is 1. The van der Waals surface area contributed by atoms with Crippen molar-refractivity contribution in [1.82, 2.24) is 14.5 Å². The van der Waals surface area contributed by atoms with E-state index in [9.17, 15) is 13.2 Å². The third-order valence-corrected chi connectivity index (χ3v) is 8.79. The minimum Gasteiger partial charge on any atom is -0.497 e. The average molecular weight is 500 g/mol. The van der Waals surface area contributed by atoms with Gasteiger partial charge in [-0.2, -0.15) is 4.31 Å². The number of benzene rings is 2. The van der Waals surface area contributed by atoms with Gasteiger partial charge in [-0.3, -0.25) is 9.69 Å². The molecule has 1 unspecified atom stereocenters. The van der Waals surface area contributed by atoms with Crippen LogP contribution in [0.15, 0.2) is 70.9 Å². The van der Waals surface area contributed by atoms with Gasteiger partial charge >= 0.3 is 0 Å². The van der Waals surface area contributed by atoms with Crippen molar-refractivity contribution in [3.05, 3.63) is 82.0 Å². The number of carbonyl (C=O) groups is 1. The van der Waals surface area contributed by atoms with E-state index in [1.165, 1.54) is 9.87 Å². The zero-order valence-electron chi connectivity index (χ0n) is 19.3. The van der Waals surface area contributed by atoms with Crippen LogP contribution in [0.1, 0.15) is 22.0 Å². The number of piperazine rings is 1. The highest BCUT2D eigenvalue weighted by Crippen LogP contribution is 2.26. The molecular weight excluding hydrogens is 470 g/mol. The second-order valence-corrected chi connectivity index (χ2v) is 11.2. The Bertz CT molecular complexity index is 1190. The number of ether oxygens (including phenoxy) is 1. The minimum absolute atomic E-state index is 0.0783. The Labute approximate surface area is 205 Å². The Morgan fingerprint density at radius 1 is 1.03 bits per heavy atom. The van der Waals surface area contributed by atoms with Crippen molar-refractivity contribution in [3.8, 4) is 5.75 Å². The van der Waals surface area contributed by atoms with Crippen LogP contribution in [-0.2, 0) is 14.8 Å². The molecule has 2 aromatic carbocycles. The number of sulfonamides is 1. The fraction of sp³-hybridized carbons (Fsp3) is 0.320. The van der Waals surface area contributed by atoms with E-state index in [-0.39, 0.29) is 23.4 Å². The molecule has 1 amide bonds. The predicted octanol–water partition coefficient (Wildman–Crippen LogP) is 3.28. The number of thiophene rings is 1. The first-order valence-corrected chi connectivity index (χ1v) is 13.4. The van der Waals surface area contributed by atoms with Gasteiger partial charge in [-0.05, 0) is 48.2 Å². The normalized spacial score (nSPS) is 16.2. The van der Waals surface area contributed by atoms with Crippen LogP contribution in [0, 0.1) is 6.92 Å². The molecule has 0 aliphatic carbocycles. The Morgan fingerprint density at radius 3 is 2.29 bits per heavy atom. The highest BCUT2D eigenvalue weighted by Gasteiger charge is 2.29. The Morgan fingerprint density at radius 2 is 1.71 bits per heavy atom. The first-order chi connectivity index (χ1) is 16.4. The quantitative estimate of drug-likeness (QED) is 0.515. The maximum Gasteiger partial charge on any atom is 0.243 e. The molecule has 34 heavy (non-hydrogen) atoms. The molecule has 1 saturated heterocycles. The molecule has 0 spiro atoms. The maximum absolute atomic E-state index is 13.0. The van der Waals surface area contributed by atoms with Crippen LogP contribution in [-0.4, -0.2) is 63.4 Å². The number of nitrogens with zero attached hydrogens (tertiary/aromatic N) is 2. The van der Waals surface area contributed by atoms with Gasteiger partial charge in [0, 0.05) is 31.1 Å². The van der Waals surface area contributed by atoms with Gasteiger partial charge in [0.1, 0.15) is 5.75 Å². The van der Waals surface area contributed by atoms with Gasteiger partial charge in [0.25, 0.3) is 0 Å². The van der Waals surface area contributed by atoms with Crippen LogP contribution >= 0.6 is 11.3 Å². The van der Waals surface area contributed by atoms with Gasteiger partial charge in [-0.15, -0.1) is 11.3 Å². The number of nitrogens with one attached hydrogen (secondary N) is 1. The summed E-state index contributed by atoms with van der Waals surface area (Å²) in [5, 5.41) is 5.17. The van der Waals surface area contributed by atoms with E-state index in [2.05, 4.69) is 5.32 Å². The van der Waals surface area contributed by atoms with Gasteiger partial charge in [0.05, 0.1) is 24.6 Å². The van der Waals surface area contributed by atoms with Crippen LogP contribution in [0.4, 0.5) is 0 Å². The number of carbonyl (C=O) groups excluding carboxylic acids is 1. The molecule has 0 saturated carbocycles. The molecule has 1 fully saturated rings. The second kappa shape index (κ2) is 10.7. The molecule has 0 radical (unpaired) electrons. The lowest BCUT2D eigenvalue weighted by molar-refractivity contribution is -0.123. The molecule has 1 aliphatic rings. The van der Waals surface area contributed by atoms with Crippen molar-refractivity contribution < 1.29 is 17.9 Å². The summed E-state index contributed by atoms with van der Waals surface area (Å²) in [4.78, 5) is 16.2. The molecule has 9 heteroatoms. The van der Waals surface area contributed by atoms with Gasteiger partial charge < -0.3 is 10.1 Å².